The number of benzene rings is 2. The number of aliphatic hydroxyl groups excluding tert-OH is 2. The van der Waals surface area contributed by atoms with Gasteiger partial charge < -0.3 is 14.9 Å². The van der Waals surface area contributed by atoms with E-state index in [-0.39, 0.29) is 51.0 Å². The van der Waals surface area contributed by atoms with Gasteiger partial charge in [-0.05, 0) is 23.1 Å². The molecule has 0 spiro atoms. The summed E-state index contributed by atoms with van der Waals surface area (Å²) in [7, 11) is 0. The van der Waals surface area contributed by atoms with E-state index in [1.807, 2.05) is 24.3 Å². The molecule has 0 aliphatic rings. The van der Waals surface area contributed by atoms with Crippen LogP contribution in [0.1, 0.15) is 12.5 Å². The van der Waals surface area contributed by atoms with E-state index < -0.39 is 23.9 Å². The van der Waals surface area contributed by atoms with Gasteiger partial charge in [0.15, 0.2) is 0 Å². The molecule has 2 amide bonds. The van der Waals surface area contributed by atoms with Gasteiger partial charge in [0.05, 0.1) is 24.3 Å². The smallest absolute Gasteiger partial charge is 0.412 e. The molecule has 1 aromatic heterocycles. The second-order valence-electron chi connectivity index (χ2n) is 8.48. The topological polar surface area (TPSA) is 127 Å². The van der Waals surface area contributed by atoms with Crippen molar-refractivity contribution in [2.24, 2.45) is 0 Å². The van der Waals surface area contributed by atoms with Crippen LogP contribution in [0.3, 0.4) is 0 Å². The Kier molecular flexibility index (Phi) is 11.2. The van der Waals surface area contributed by atoms with Crippen LogP contribution in [-0.2, 0) is 16.1 Å². The number of halogens is 2. The Bertz CT molecular complexity index is 1230. The summed E-state index contributed by atoms with van der Waals surface area (Å²) in [6.45, 7) is 1.40. The molecule has 0 radical (unpaired) electrons. The lowest BCUT2D eigenvalue weighted by molar-refractivity contribution is -0.137. The minimum Gasteiger partial charge on any atom is -0.447 e. The Labute approximate surface area is 224 Å². The third-order valence-electron chi connectivity index (χ3n) is 5.75. The Balaban J connectivity index is 1.73. The third-order valence-corrected chi connectivity index (χ3v) is 6.17. The van der Waals surface area contributed by atoms with Gasteiger partial charge in [0, 0.05) is 44.7 Å². The van der Waals surface area contributed by atoms with Crippen molar-refractivity contribution in [3.8, 4) is 0 Å². The fourth-order valence-electron chi connectivity index (χ4n) is 3.90. The summed E-state index contributed by atoms with van der Waals surface area (Å²) < 4.78 is 19.3. The first-order valence-corrected chi connectivity index (χ1v) is 12.4. The zero-order chi connectivity index (χ0) is 27.5. The first-order valence-electron chi connectivity index (χ1n) is 12.0. The van der Waals surface area contributed by atoms with E-state index >= 15 is 0 Å². The summed E-state index contributed by atoms with van der Waals surface area (Å²) in [6, 6.07) is 12.9. The molecule has 3 rings (SSSR count). The number of carbonyl (C=O) groups excluding carboxylic acids is 2. The van der Waals surface area contributed by atoms with E-state index in [0.717, 1.165) is 10.8 Å². The molecule has 0 aliphatic heterocycles. The van der Waals surface area contributed by atoms with Crippen molar-refractivity contribution < 1.29 is 28.9 Å². The number of rotatable bonds is 13. The monoisotopic (exact) mass is 547 g/mol. The number of hydrazine groups is 1. The van der Waals surface area contributed by atoms with E-state index in [1.165, 1.54) is 24.1 Å². The number of carbonyl (C=O) groups is 2. The maximum absolute atomic E-state index is 13.9. The molecule has 1 heterocycles. The van der Waals surface area contributed by atoms with Crippen LogP contribution in [0.2, 0.25) is 5.02 Å². The predicted molar refractivity (Wildman–Crippen MR) is 142 cm³/mol. The molecule has 204 valence electrons. The molecule has 3 aromatic rings. The van der Waals surface area contributed by atoms with Crippen molar-refractivity contribution in [3.05, 3.63) is 71.1 Å². The number of aromatic nitrogens is 1. The largest absolute Gasteiger partial charge is 0.447 e. The van der Waals surface area contributed by atoms with Crippen molar-refractivity contribution in [2.45, 2.75) is 19.5 Å². The first kappa shape index (κ1) is 29.2. The minimum absolute atomic E-state index is 0.0277. The van der Waals surface area contributed by atoms with Gasteiger partial charge in [0.1, 0.15) is 18.2 Å². The molecule has 0 bridgehead atoms. The summed E-state index contributed by atoms with van der Waals surface area (Å²) >= 11 is 6.05. The standard InChI is InChI=1S/C26H31ClFN5O5/c1-18(36)33(30-15-21-7-4-8-23(28)25(21)27)22(16-32(9-11-34)10-12-35)17-38-26(37)31-24-13-19-5-2-3-6-20(19)14-29-24/h2-8,13-14,22,30,34-35H,9-12,15-17H2,1H3,(H,29,31,37)/t22-/m0/s1. The molecule has 4 N–H and O–H groups in total. The van der Waals surface area contributed by atoms with Crippen LogP contribution in [0.5, 0.6) is 0 Å². The van der Waals surface area contributed by atoms with E-state index in [1.54, 1.807) is 23.2 Å². The Morgan fingerprint density at radius 1 is 1.11 bits per heavy atom. The van der Waals surface area contributed by atoms with Gasteiger partial charge in [-0.15, -0.1) is 0 Å². The number of hydrogen-bond donors (Lipinski definition) is 4. The van der Waals surface area contributed by atoms with Gasteiger partial charge in [-0.3, -0.25) is 20.0 Å². The number of fused-ring (bicyclic) bond motifs is 1. The first-order chi connectivity index (χ1) is 18.3. The molecule has 2 aromatic carbocycles. The molecule has 0 unspecified atom stereocenters. The molecular weight excluding hydrogens is 517 g/mol. The van der Waals surface area contributed by atoms with Crippen LogP contribution in [0.4, 0.5) is 15.0 Å². The number of nitrogens with one attached hydrogen (secondary N) is 2. The SMILES string of the molecule is CC(=O)N(NCc1cccc(F)c1Cl)[C@H](COC(=O)Nc1cc2ccccc2cn1)CN(CCO)CCO. The average molecular weight is 548 g/mol. The number of aliphatic hydroxyl groups is 2. The number of nitrogens with zero attached hydrogens (tertiary/aromatic N) is 3. The van der Waals surface area contributed by atoms with Crippen molar-refractivity contribution in [3.63, 3.8) is 0 Å². The highest BCUT2D eigenvalue weighted by atomic mass is 35.5. The zero-order valence-corrected chi connectivity index (χ0v) is 21.7. The lowest BCUT2D eigenvalue weighted by Gasteiger charge is -2.34. The van der Waals surface area contributed by atoms with Gasteiger partial charge >= 0.3 is 6.09 Å². The fraction of sp³-hybridized carbons (Fsp3) is 0.346. The quantitative estimate of drug-likeness (QED) is 0.241. The minimum atomic E-state index is -0.773. The van der Waals surface area contributed by atoms with E-state index in [2.05, 4.69) is 15.7 Å². The maximum Gasteiger partial charge on any atom is 0.412 e. The van der Waals surface area contributed by atoms with Gasteiger partial charge in [-0.2, -0.15) is 0 Å². The number of pyridine rings is 1. The summed E-state index contributed by atoms with van der Waals surface area (Å²) in [6.07, 6.45) is 0.860. The van der Waals surface area contributed by atoms with Crippen LogP contribution in [-0.4, -0.2) is 82.6 Å². The summed E-state index contributed by atoms with van der Waals surface area (Å²) in [4.78, 5) is 31.1. The highest BCUT2D eigenvalue weighted by molar-refractivity contribution is 6.31. The Hall–Kier alpha value is -3.35. The van der Waals surface area contributed by atoms with Crippen molar-refractivity contribution in [1.82, 2.24) is 20.3 Å². The molecule has 38 heavy (non-hydrogen) atoms. The second kappa shape index (κ2) is 14.6. The summed E-state index contributed by atoms with van der Waals surface area (Å²) in [5.74, 6) is -0.679. The third kappa shape index (κ3) is 8.33. The molecule has 12 heteroatoms. The van der Waals surface area contributed by atoms with Gasteiger partial charge in [-0.25, -0.2) is 19.6 Å². The molecule has 0 saturated heterocycles. The molecule has 0 aliphatic carbocycles. The second-order valence-corrected chi connectivity index (χ2v) is 8.86. The van der Waals surface area contributed by atoms with Gasteiger partial charge in [-0.1, -0.05) is 48.0 Å². The maximum atomic E-state index is 13.9. The summed E-state index contributed by atoms with van der Waals surface area (Å²) in [5, 5.41) is 24.4. The molecule has 0 fully saturated rings. The van der Waals surface area contributed by atoms with Gasteiger partial charge in [0.25, 0.3) is 0 Å². The van der Waals surface area contributed by atoms with Crippen molar-refractivity contribution in [2.75, 3.05) is 44.8 Å². The Morgan fingerprint density at radius 2 is 1.82 bits per heavy atom. The predicted octanol–water partition coefficient (Wildman–Crippen LogP) is 2.78. The number of ether oxygens (including phenoxy) is 1. The number of amides is 2. The molecule has 1 atom stereocenters. The molecular formula is C26H31ClFN5O5. The lowest BCUT2D eigenvalue weighted by Crippen LogP contribution is -2.55. The molecule has 10 nitrogen and oxygen atoms in total. The average Bonchev–Trinajstić information content (AvgIpc) is 2.89. The molecule has 0 saturated carbocycles. The van der Waals surface area contributed by atoms with E-state index in [4.69, 9.17) is 16.3 Å². The van der Waals surface area contributed by atoms with Crippen LogP contribution >= 0.6 is 11.6 Å². The van der Waals surface area contributed by atoms with Gasteiger partial charge in [0.2, 0.25) is 5.91 Å². The highest BCUT2D eigenvalue weighted by Gasteiger charge is 2.26. The van der Waals surface area contributed by atoms with Crippen molar-refractivity contribution in [1.29, 1.82) is 0 Å². The van der Waals surface area contributed by atoms with Crippen LogP contribution in [0, 0.1) is 5.82 Å². The van der Waals surface area contributed by atoms with Crippen molar-refractivity contribution >= 4 is 40.2 Å². The van der Waals surface area contributed by atoms with Crippen LogP contribution in [0.25, 0.3) is 10.8 Å². The lowest BCUT2D eigenvalue weighted by atomic mass is 10.2. The Morgan fingerprint density at radius 3 is 2.50 bits per heavy atom. The van der Waals surface area contributed by atoms with Crippen LogP contribution in [0.15, 0.2) is 54.7 Å². The zero-order valence-electron chi connectivity index (χ0n) is 20.9. The number of anilines is 1. The number of hydrogen-bond acceptors (Lipinski definition) is 8. The van der Waals surface area contributed by atoms with Crippen LogP contribution < -0.4 is 10.7 Å². The highest BCUT2D eigenvalue weighted by Crippen LogP contribution is 2.20. The normalized spacial score (nSPS) is 11.9. The summed E-state index contributed by atoms with van der Waals surface area (Å²) in [5.41, 5.74) is 3.37. The fourth-order valence-corrected chi connectivity index (χ4v) is 4.09. The van der Waals surface area contributed by atoms with E-state index in [9.17, 15) is 24.2 Å². The van der Waals surface area contributed by atoms with E-state index in [0.29, 0.717) is 11.4 Å².